The van der Waals surface area contributed by atoms with Crippen LogP contribution in [0.5, 0.6) is 0 Å². The van der Waals surface area contributed by atoms with Crippen molar-refractivity contribution in [2.24, 2.45) is 5.92 Å². The molecule has 0 radical (unpaired) electrons. The number of benzene rings is 1. The van der Waals surface area contributed by atoms with Crippen LogP contribution in [0.3, 0.4) is 0 Å². The summed E-state index contributed by atoms with van der Waals surface area (Å²) in [4.78, 5) is 24.7. The van der Waals surface area contributed by atoms with Gasteiger partial charge in [-0.05, 0) is 24.5 Å². The van der Waals surface area contributed by atoms with Crippen molar-refractivity contribution < 1.29 is 54.1 Å². The van der Waals surface area contributed by atoms with Crippen LogP contribution >= 0.6 is 0 Å². The lowest BCUT2D eigenvalue weighted by molar-refractivity contribution is -0.303. The van der Waals surface area contributed by atoms with Crippen LogP contribution in [0.25, 0.3) is 0 Å². The summed E-state index contributed by atoms with van der Waals surface area (Å²) < 4.78 is 21.0. The maximum atomic E-state index is 12.6. The van der Waals surface area contributed by atoms with Crippen molar-refractivity contribution in [1.29, 1.82) is 0 Å². The third-order valence-corrected chi connectivity index (χ3v) is 8.49. The van der Waals surface area contributed by atoms with Gasteiger partial charge in [-0.2, -0.15) is 0 Å². The van der Waals surface area contributed by atoms with Crippen molar-refractivity contribution >= 4 is 12.1 Å². The van der Waals surface area contributed by atoms with E-state index >= 15 is 0 Å². The standard InChI is InChI=1S/C34H57NO11/c1-3-4-5-6-7-8-9-10-11-12-13-15-18-24(2)28(37)26(22-43-33-31(40)30(39)29(38)27(21-36)46-33)35-34(42)45-23-44-32(41)25-19-16-14-17-20-25/h14,16-17,19-20,24,26-31,33,36-40H,3-13,15,18,21-23H2,1-2H3,(H,35,42)/t24-,26+,27?,28-,29+,30+,31?,33+/m1/s1. The van der Waals surface area contributed by atoms with Crippen LogP contribution in [-0.2, 0) is 18.9 Å². The number of ether oxygens (including phenoxy) is 4. The number of nitrogens with one attached hydrogen (secondary N) is 1. The monoisotopic (exact) mass is 655 g/mol. The smallest absolute Gasteiger partial charge is 0.410 e. The Morgan fingerprint density at radius 2 is 1.43 bits per heavy atom. The van der Waals surface area contributed by atoms with E-state index in [1.165, 1.54) is 57.8 Å². The summed E-state index contributed by atoms with van der Waals surface area (Å²) in [6, 6.07) is 7.18. The molecule has 0 bridgehead atoms. The summed E-state index contributed by atoms with van der Waals surface area (Å²) in [6.07, 6.45) is 5.79. The van der Waals surface area contributed by atoms with E-state index in [4.69, 9.17) is 18.9 Å². The van der Waals surface area contributed by atoms with Gasteiger partial charge in [-0.15, -0.1) is 0 Å². The predicted octanol–water partition coefficient (Wildman–Crippen LogP) is 3.80. The zero-order chi connectivity index (χ0) is 33.7. The zero-order valence-corrected chi connectivity index (χ0v) is 27.5. The van der Waals surface area contributed by atoms with Gasteiger partial charge >= 0.3 is 12.1 Å². The molecule has 1 fully saturated rings. The molecular formula is C34H57NO11. The molecule has 8 atom stereocenters. The molecule has 0 aromatic heterocycles. The molecule has 0 saturated carbocycles. The van der Waals surface area contributed by atoms with Gasteiger partial charge in [0.05, 0.1) is 30.9 Å². The highest BCUT2D eigenvalue weighted by Gasteiger charge is 2.44. The predicted molar refractivity (Wildman–Crippen MR) is 171 cm³/mol. The van der Waals surface area contributed by atoms with Gasteiger partial charge in [0.15, 0.2) is 6.29 Å². The van der Waals surface area contributed by atoms with Crippen molar-refractivity contribution in [2.75, 3.05) is 20.0 Å². The number of amides is 1. The number of alkyl carbamates (subject to hydrolysis) is 1. The molecular weight excluding hydrogens is 598 g/mol. The molecule has 1 aliphatic rings. The molecule has 1 heterocycles. The molecule has 264 valence electrons. The van der Waals surface area contributed by atoms with Crippen molar-refractivity contribution in [3.63, 3.8) is 0 Å². The minimum Gasteiger partial charge on any atom is -0.424 e. The number of esters is 1. The highest BCUT2D eigenvalue weighted by Crippen LogP contribution is 2.23. The van der Waals surface area contributed by atoms with Crippen LogP contribution in [0.4, 0.5) is 4.79 Å². The number of unbranched alkanes of at least 4 members (excludes halogenated alkanes) is 11. The molecule has 1 amide bonds. The van der Waals surface area contributed by atoms with Gasteiger partial charge in [0.1, 0.15) is 24.4 Å². The summed E-state index contributed by atoms with van der Waals surface area (Å²) in [5.41, 5.74) is 0.291. The Morgan fingerprint density at radius 1 is 0.848 bits per heavy atom. The number of aliphatic hydroxyl groups is 5. The highest BCUT2D eigenvalue weighted by atomic mass is 16.7. The van der Waals surface area contributed by atoms with Gasteiger partial charge in [0.2, 0.25) is 6.79 Å². The van der Waals surface area contributed by atoms with E-state index in [0.29, 0.717) is 12.0 Å². The first-order chi connectivity index (χ1) is 22.2. The first kappa shape index (κ1) is 39.9. The molecule has 0 aliphatic carbocycles. The minimum atomic E-state index is -1.64. The molecule has 1 aromatic carbocycles. The maximum absolute atomic E-state index is 12.6. The number of hydrogen-bond donors (Lipinski definition) is 6. The molecule has 1 saturated heterocycles. The first-order valence-corrected chi connectivity index (χ1v) is 16.9. The third-order valence-electron chi connectivity index (χ3n) is 8.49. The first-order valence-electron chi connectivity index (χ1n) is 16.9. The second-order valence-corrected chi connectivity index (χ2v) is 12.3. The van der Waals surface area contributed by atoms with Gasteiger partial charge in [-0.3, -0.25) is 0 Å². The summed E-state index contributed by atoms with van der Waals surface area (Å²) in [6.45, 7) is 2.44. The van der Waals surface area contributed by atoms with Crippen molar-refractivity contribution in [1.82, 2.24) is 5.32 Å². The van der Waals surface area contributed by atoms with Crippen LogP contribution in [0, 0.1) is 5.92 Å². The molecule has 12 heteroatoms. The SMILES string of the molecule is CCCCCCCCCCCCCC[C@@H](C)[C@@H](O)[C@H](CO[C@H]1OC(CO)[C@H](O)[C@H](O)C1O)NC(=O)OCOC(=O)c1ccccc1. The van der Waals surface area contributed by atoms with Crippen LogP contribution < -0.4 is 5.32 Å². The Bertz CT molecular complexity index is 950. The Hall–Kier alpha value is -2.32. The van der Waals surface area contributed by atoms with Crippen LogP contribution in [0.2, 0.25) is 0 Å². The van der Waals surface area contributed by atoms with Crippen LogP contribution in [-0.4, -0.2) is 100 Å². The Kier molecular flexibility index (Phi) is 20.0. The number of carbonyl (C=O) groups excluding carboxylic acids is 2. The molecule has 1 aromatic rings. The fourth-order valence-corrected chi connectivity index (χ4v) is 5.49. The summed E-state index contributed by atoms with van der Waals surface area (Å²) in [5, 5.41) is 53.6. The normalized spacial score (nSPS) is 23.3. The summed E-state index contributed by atoms with van der Waals surface area (Å²) in [5.74, 6) is -0.922. The van der Waals surface area contributed by atoms with E-state index in [0.717, 1.165) is 19.3 Å². The minimum absolute atomic E-state index is 0.247. The number of hydrogen-bond acceptors (Lipinski definition) is 11. The lowest BCUT2D eigenvalue weighted by Gasteiger charge is -2.40. The number of rotatable bonds is 23. The Balaban J connectivity index is 1.84. The van der Waals surface area contributed by atoms with Gasteiger partial charge in [-0.1, -0.05) is 109 Å². The van der Waals surface area contributed by atoms with E-state index in [-0.39, 0.29) is 12.5 Å². The maximum Gasteiger partial charge on any atom is 0.410 e. The molecule has 6 N–H and O–H groups in total. The van der Waals surface area contributed by atoms with E-state index in [1.807, 2.05) is 6.92 Å². The number of carbonyl (C=O) groups is 2. The van der Waals surface area contributed by atoms with Crippen molar-refractivity contribution in [3.05, 3.63) is 35.9 Å². The fraction of sp³-hybridized carbons (Fsp3) is 0.765. The number of aliphatic hydroxyl groups excluding tert-OH is 5. The Labute approximate surface area is 273 Å². The molecule has 0 spiro atoms. The van der Waals surface area contributed by atoms with Gasteiger partial charge < -0.3 is 49.8 Å². The fourth-order valence-electron chi connectivity index (χ4n) is 5.49. The topological polar surface area (TPSA) is 184 Å². The van der Waals surface area contributed by atoms with E-state index < -0.39 is 68.3 Å². The van der Waals surface area contributed by atoms with Gasteiger partial charge in [0, 0.05) is 0 Å². The molecule has 2 rings (SSSR count). The highest BCUT2D eigenvalue weighted by molar-refractivity contribution is 5.89. The van der Waals surface area contributed by atoms with E-state index in [1.54, 1.807) is 30.3 Å². The van der Waals surface area contributed by atoms with Crippen molar-refractivity contribution in [3.8, 4) is 0 Å². The third kappa shape index (κ3) is 14.6. The lowest BCUT2D eigenvalue weighted by Crippen LogP contribution is -2.60. The van der Waals surface area contributed by atoms with Gasteiger partial charge in [-0.25, -0.2) is 9.59 Å². The summed E-state index contributed by atoms with van der Waals surface area (Å²) >= 11 is 0. The summed E-state index contributed by atoms with van der Waals surface area (Å²) in [7, 11) is 0. The second kappa shape index (κ2) is 23.1. The second-order valence-electron chi connectivity index (χ2n) is 12.3. The van der Waals surface area contributed by atoms with Gasteiger partial charge in [0.25, 0.3) is 0 Å². The molecule has 46 heavy (non-hydrogen) atoms. The van der Waals surface area contributed by atoms with E-state index in [2.05, 4.69) is 12.2 Å². The van der Waals surface area contributed by atoms with E-state index in [9.17, 15) is 35.1 Å². The van der Waals surface area contributed by atoms with Crippen molar-refractivity contribution in [2.45, 2.75) is 140 Å². The lowest BCUT2D eigenvalue weighted by atomic mass is 9.92. The zero-order valence-electron chi connectivity index (χ0n) is 27.5. The largest absolute Gasteiger partial charge is 0.424 e. The average Bonchev–Trinajstić information content (AvgIpc) is 3.06. The molecule has 12 nitrogen and oxygen atoms in total. The van der Waals surface area contributed by atoms with Crippen LogP contribution in [0.1, 0.15) is 108 Å². The Morgan fingerprint density at radius 3 is 2.02 bits per heavy atom. The quantitative estimate of drug-likeness (QED) is 0.0573. The average molecular weight is 656 g/mol. The molecule has 2 unspecified atom stereocenters. The molecule has 1 aliphatic heterocycles. The van der Waals surface area contributed by atoms with Crippen LogP contribution in [0.15, 0.2) is 30.3 Å².